The molecule has 6 aliphatic carbocycles. The van der Waals surface area contributed by atoms with Gasteiger partial charge in [0.05, 0.1) is 45.8 Å². The van der Waals surface area contributed by atoms with E-state index in [2.05, 4.69) is 59.4 Å². The van der Waals surface area contributed by atoms with Crippen molar-refractivity contribution < 1.29 is 17.6 Å². The van der Waals surface area contributed by atoms with Crippen molar-refractivity contribution in [1.29, 1.82) is 5.26 Å². The Labute approximate surface area is 452 Å². The second-order valence-corrected chi connectivity index (χ2v) is 22.2. The Bertz CT molecular complexity index is 5090. The van der Waals surface area contributed by atoms with Crippen LogP contribution in [-0.4, -0.2) is 8.80 Å². The van der Waals surface area contributed by atoms with Crippen LogP contribution in [0.5, 0.6) is 0 Å². The first-order valence-electron chi connectivity index (χ1n) is 26.9. The average molecular weight is 1030 g/mol. The van der Waals surface area contributed by atoms with E-state index in [4.69, 9.17) is 6.57 Å². The maximum atomic E-state index is 18.2. The molecule has 0 saturated heterocycles. The molecule has 0 N–H and O–H groups in total. The van der Waals surface area contributed by atoms with Crippen LogP contribution in [0.4, 0.5) is 23.2 Å². The van der Waals surface area contributed by atoms with E-state index in [1.54, 1.807) is 0 Å². The molecule has 0 fully saturated rings. The highest BCUT2D eigenvalue weighted by molar-refractivity contribution is 6.38. The largest absolute Gasteiger partial charge is 0.308 e. The summed E-state index contributed by atoms with van der Waals surface area (Å²) in [7, 11) is 0. The molecule has 4 bridgehead atoms. The molecule has 370 valence electrons. The highest BCUT2D eigenvalue weighted by Gasteiger charge is 2.47. The third-order valence-corrected chi connectivity index (χ3v) is 19.0. The Hall–Kier alpha value is -10.3. The van der Waals surface area contributed by atoms with Crippen LogP contribution in [0.1, 0.15) is 96.0 Å². The summed E-state index contributed by atoms with van der Waals surface area (Å²) in [5.74, 6) is -4.39. The van der Waals surface area contributed by atoms with E-state index in [9.17, 15) is 5.26 Å². The summed E-state index contributed by atoms with van der Waals surface area (Å²) in [6.45, 7) is 8.93. The van der Waals surface area contributed by atoms with E-state index in [1.807, 2.05) is 130 Å². The van der Waals surface area contributed by atoms with Crippen LogP contribution >= 0.6 is 0 Å². The Morgan fingerprint density at radius 2 is 0.688 bits per heavy atom. The first-order valence-corrected chi connectivity index (χ1v) is 26.9. The minimum absolute atomic E-state index is 0.167. The van der Waals surface area contributed by atoms with Crippen LogP contribution in [0.15, 0.2) is 182 Å². The van der Waals surface area contributed by atoms with E-state index >= 15 is 17.6 Å². The number of benzene rings is 11. The number of nitriles is 1. The van der Waals surface area contributed by atoms with Crippen LogP contribution < -0.4 is 0 Å². The quantitative estimate of drug-likeness (QED) is 0.126. The van der Waals surface area contributed by atoms with Crippen LogP contribution in [-0.2, 0) is 0 Å². The van der Waals surface area contributed by atoms with Gasteiger partial charge in [-0.15, -0.1) is 0 Å². The van der Waals surface area contributed by atoms with E-state index in [-0.39, 0.29) is 45.2 Å². The van der Waals surface area contributed by atoms with Crippen molar-refractivity contribution in [2.75, 3.05) is 0 Å². The zero-order valence-corrected chi connectivity index (χ0v) is 41.9. The number of hydrogen-bond donors (Lipinski definition) is 0. The second kappa shape index (κ2) is 14.4. The third-order valence-electron chi connectivity index (χ3n) is 19.0. The molecule has 21 rings (SSSR count). The molecule has 0 radical (unpaired) electrons. The first-order chi connectivity index (χ1) is 39.4. The van der Waals surface area contributed by atoms with Crippen molar-refractivity contribution >= 4 is 81.9 Å². The van der Waals surface area contributed by atoms with Gasteiger partial charge in [0.15, 0.2) is 5.69 Å². The molecular formula is C72H34F4N4. The Balaban J connectivity index is 1.08. The number of hydrogen-bond acceptors (Lipinski definition) is 1. The molecule has 80 heavy (non-hydrogen) atoms. The van der Waals surface area contributed by atoms with Gasteiger partial charge in [-0.05, 0) is 90.0 Å². The topological polar surface area (TPSA) is 37.0 Å². The monoisotopic (exact) mass is 1030 g/mol. The zero-order valence-electron chi connectivity index (χ0n) is 41.9. The lowest BCUT2D eigenvalue weighted by Crippen LogP contribution is -2.28. The van der Waals surface area contributed by atoms with Crippen LogP contribution in [0.3, 0.4) is 0 Å². The molecule has 4 heterocycles. The SMILES string of the molecule is [C-]#[N+]c1cc2c(c3c1C1c4ccccc4C3c3ccccc31)c1c(F)cc(F)c3c4c(-c5ccccc5)c5c(c(-c6ccccc6)c4n2c13)c1c(F)cc(F)c2c3c4c(c(C#N)cc3n5c21)C1c2ccccc2C4c2ccccc21. The number of halogens is 4. The second-order valence-electron chi connectivity index (χ2n) is 22.2. The Morgan fingerprint density at radius 1 is 0.362 bits per heavy atom. The van der Waals surface area contributed by atoms with E-state index in [0.717, 1.165) is 78.9 Å². The lowest BCUT2D eigenvalue weighted by Gasteiger charge is -2.43. The summed E-state index contributed by atoms with van der Waals surface area (Å²) in [5.41, 5.74) is 17.9. The fourth-order valence-electron chi connectivity index (χ4n) is 16.5. The lowest BCUT2D eigenvalue weighted by molar-refractivity contribution is 0.599. The molecule has 8 heteroatoms. The van der Waals surface area contributed by atoms with Crippen molar-refractivity contribution in [3.63, 3.8) is 0 Å². The maximum absolute atomic E-state index is 18.2. The first kappa shape index (κ1) is 42.8. The zero-order chi connectivity index (χ0) is 52.9. The van der Waals surface area contributed by atoms with E-state index in [1.165, 1.54) is 0 Å². The fraction of sp³-hybridized carbons (Fsp3) is 0.0556. The van der Waals surface area contributed by atoms with Crippen molar-refractivity contribution in [3.8, 4) is 28.3 Å². The molecule has 4 nitrogen and oxygen atoms in total. The summed E-state index contributed by atoms with van der Waals surface area (Å²) in [6.07, 6.45) is 0. The Morgan fingerprint density at radius 3 is 1.06 bits per heavy atom. The summed E-state index contributed by atoms with van der Waals surface area (Å²) >= 11 is 0. The van der Waals surface area contributed by atoms with Gasteiger partial charge in [0.25, 0.3) is 0 Å². The van der Waals surface area contributed by atoms with Gasteiger partial charge in [0, 0.05) is 95.5 Å². The van der Waals surface area contributed by atoms with Gasteiger partial charge in [0.1, 0.15) is 23.3 Å². The fourth-order valence-corrected chi connectivity index (χ4v) is 16.5. The molecule has 0 amide bonds. The van der Waals surface area contributed by atoms with Gasteiger partial charge in [0.2, 0.25) is 0 Å². The smallest absolute Gasteiger partial charge is 0.193 e. The van der Waals surface area contributed by atoms with Gasteiger partial charge in [-0.3, -0.25) is 0 Å². The van der Waals surface area contributed by atoms with Crippen molar-refractivity contribution in [3.05, 3.63) is 289 Å². The standard InChI is InChI=1S/C72H34F4N4/c1-78-48-31-50-64(66-57-42-26-14-10-22-38(42)55(62(48)66)39-23-11-15-27-43(39)57)59-45(74)30-47(76)61-68-52(33-16-4-2-5-17-33)69-67(53(34-18-6-3-7-19-34)70(68)80(50)72(59)61)60-46(75)29-44(73)58-63-49(79(69)71(58)60)28-35(32-77)51-54-36-20-8-12-24-40(36)56(65(51)63)41-25-13-9-21-37(41)54/h2-31,54-57H. The molecular weight excluding hydrogens is 997 g/mol. The summed E-state index contributed by atoms with van der Waals surface area (Å²) in [5, 5.41) is 14.4. The van der Waals surface area contributed by atoms with E-state index in [0.29, 0.717) is 88.1 Å². The molecule has 0 atom stereocenters. The predicted molar refractivity (Wildman–Crippen MR) is 307 cm³/mol. The highest BCUT2D eigenvalue weighted by atomic mass is 19.1. The lowest BCUT2D eigenvalue weighted by atomic mass is 9.59. The van der Waals surface area contributed by atoms with Crippen molar-refractivity contribution in [2.24, 2.45) is 0 Å². The van der Waals surface area contributed by atoms with Gasteiger partial charge in [-0.25, -0.2) is 22.4 Å². The van der Waals surface area contributed by atoms with Crippen molar-refractivity contribution in [2.45, 2.75) is 23.7 Å². The Kier molecular flexibility index (Phi) is 7.72. The van der Waals surface area contributed by atoms with Gasteiger partial charge < -0.3 is 8.80 Å². The maximum Gasteiger partial charge on any atom is 0.193 e. The molecule has 4 aromatic heterocycles. The molecule has 0 aliphatic heterocycles. The molecule has 0 spiro atoms. The number of fused-ring (bicyclic) bond motifs is 12. The minimum Gasteiger partial charge on any atom is -0.308 e. The number of rotatable bonds is 2. The summed E-state index contributed by atoms with van der Waals surface area (Å²) < 4.78 is 76.1. The van der Waals surface area contributed by atoms with E-state index < -0.39 is 23.3 Å². The van der Waals surface area contributed by atoms with Crippen LogP contribution in [0.2, 0.25) is 0 Å². The van der Waals surface area contributed by atoms with Crippen LogP contribution in [0, 0.1) is 41.2 Å². The minimum atomic E-state index is -0.784. The normalized spacial score (nSPS) is 17.2. The summed E-state index contributed by atoms with van der Waals surface area (Å²) in [4.78, 5) is 4.30. The molecule has 11 aromatic carbocycles. The van der Waals surface area contributed by atoms with Crippen molar-refractivity contribution in [1.82, 2.24) is 8.80 Å². The van der Waals surface area contributed by atoms with Gasteiger partial charge >= 0.3 is 0 Å². The molecule has 6 aliphatic rings. The third kappa shape index (κ3) is 4.68. The number of aromatic nitrogens is 2. The highest BCUT2D eigenvalue weighted by Crippen LogP contribution is 2.64. The number of nitrogens with zero attached hydrogens (tertiary/aromatic N) is 4. The molecule has 0 unspecified atom stereocenters. The predicted octanol–water partition coefficient (Wildman–Crippen LogP) is 18.3. The van der Waals surface area contributed by atoms with Crippen LogP contribution in [0.25, 0.3) is 103 Å². The van der Waals surface area contributed by atoms with Gasteiger partial charge in [-0.2, -0.15) is 5.26 Å². The summed E-state index contributed by atoms with van der Waals surface area (Å²) in [6, 6.07) is 60.7. The van der Waals surface area contributed by atoms with Gasteiger partial charge in [-0.1, -0.05) is 158 Å². The average Bonchev–Trinajstić information content (AvgIpc) is 2.74. The molecule has 15 aromatic rings. The molecule has 0 saturated carbocycles.